The molecule has 2 rings (SSSR count). The quantitative estimate of drug-likeness (QED) is 0.649. The van der Waals surface area contributed by atoms with Crippen molar-refractivity contribution in [1.82, 2.24) is 0 Å². The van der Waals surface area contributed by atoms with Crippen molar-refractivity contribution < 1.29 is 19.7 Å². The fourth-order valence-electron chi connectivity index (χ4n) is 3.17. The molecule has 1 aliphatic heterocycles. The summed E-state index contributed by atoms with van der Waals surface area (Å²) in [4.78, 5) is 11.8. The maximum absolute atomic E-state index is 11.8. The van der Waals surface area contributed by atoms with Crippen molar-refractivity contribution in [2.75, 3.05) is 13.7 Å². The van der Waals surface area contributed by atoms with E-state index in [9.17, 15) is 15.2 Å². The Morgan fingerprint density at radius 2 is 2.19 bits per heavy atom. The van der Waals surface area contributed by atoms with Gasteiger partial charge < -0.3 is 14.7 Å². The van der Waals surface area contributed by atoms with E-state index in [-0.39, 0.29) is 5.75 Å². The first-order chi connectivity index (χ1) is 10.1. The van der Waals surface area contributed by atoms with Gasteiger partial charge in [-0.1, -0.05) is 6.92 Å². The van der Waals surface area contributed by atoms with Crippen LogP contribution in [0.3, 0.4) is 0 Å². The van der Waals surface area contributed by atoms with E-state index in [1.54, 1.807) is 6.07 Å². The Morgan fingerprint density at radius 1 is 1.43 bits per heavy atom. The first-order valence-electron chi connectivity index (χ1n) is 7.43. The van der Waals surface area contributed by atoms with Crippen molar-refractivity contribution in [2.24, 2.45) is 0 Å². The third-order valence-electron chi connectivity index (χ3n) is 4.31. The topological polar surface area (TPSA) is 79.9 Å². The number of methoxy groups -OCH3 is 1. The summed E-state index contributed by atoms with van der Waals surface area (Å²) in [5.74, 6) is -0.587. The molecule has 1 saturated heterocycles. The number of quaternary nitrogens is 1. The van der Waals surface area contributed by atoms with E-state index in [2.05, 4.69) is 6.92 Å². The van der Waals surface area contributed by atoms with Crippen LogP contribution in [0.5, 0.6) is 11.5 Å². The molecule has 0 spiro atoms. The van der Waals surface area contributed by atoms with Crippen molar-refractivity contribution in [3.05, 3.63) is 27.8 Å². The molecule has 0 aromatic heterocycles. The Labute approximate surface area is 124 Å². The lowest BCUT2D eigenvalue weighted by molar-refractivity contribution is -0.944. The van der Waals surface area contributed by atoms with E-state index >= 15 is 0 Å². The number of rotatable bonds is 5. The molecular weight excluding hydrogens is 272 g/mol. The molecule has 1 aromatic carbocycles. The van der Waals surface area contributed by atoms with E-state index in [0.717, 1.165) is 18.5 Å². The lowest BCUT2D eigenvalue weighted by Gasteiger charge is -2.32. The molecule has 1 aromatic rings. The van der Waals surface area contributed by atoms with E-state index in [1.807, 2.05) is 0 Å². The summed E-state index contributed by atoms with van der Waals surface area (Å²) in [6.07, 6.45) is 4.74. The van der Waals surface area contributed by atoms with Gasteiger partial charge in [0, 0.05) is 17.4 Å². The Bertz CT molecular complexity index is 519. The number of nitro benzene ring substituents is 1. The van der Waals surface area contributed by atoms with Gasteiger partial charge in [-0.05, 0) is 31.7 Å². The van der Waals surface area contributed by atoms with E-state index in [4.69, 9.17) is 4.74 Å². The number of hydrogen-bond donors (Lipinski definition) is 1. The number of nitro groups is 1. The summed E-state index contributed by atoms with van der Waals surface area (Å²) in [5, 5.41) is 22.8. The fourth-order valence-corrected chi connectivity index (χ4v) is 3.17. The number of ether oxygens (including phenoxy) is 1. The molecule has 1 fully saturated rings. The number of piperidine rings is 1. The second-order valence-electron chi connectivity index (χ2n) is 5.59. The van der Waals surface area contributed by atoms with E-state index < -0.39 is 16.4 Å². The standard InChI is InChI=1S/C15H22N2O4/c1-3-12-6-4-5-7-16(12)10-11-8-13(17(19)20)15(18)14(9-11)21-2/h8-9,12,18H,3-7,10H2,1-2H3/t12-/m1/s1. The Morgan fingerprint density at radius 3 is 2.81 bits per heavy atom. The van der Waals surface area contributed by atoms with Gasteiger partial charge in [-0.15, -0.1) is 0 Å². The van der Waals surface area contributed by atoms with Crippen molar-refractivity contribution in [3.8, 4) is 11.5 Å². The maximum Gasteiger partial charge on any atom is 0.265 e. The largest absolute Gasteiger partial charge is 0.865 e. The van der Waals surface area contributed by atoms with Gasteiger partial charge in [0.25, 0.3) is 5.69 Å². The Hall–Kier alpha value is -1.82. The van der Waals surface area contributed by atoms with Gasteiger partial charge in [0.15, 0.2) is 0 Å². The van der Waals surface area contributed by atoms with Crippen LogP contribution in [0.25, 0.3) is 0 Å². The normalized spacial score (nSPS) is 22.0. The number of hydrogen-bond acceptors (Lipinski definition) is 4. The van der Waals surface area contributed by atoms with Gasteiger partial charge in [-0.2, -0.15) is 0 Å². The maximum atomic E-state index is 11.8. The van der Waals surface area contributed by atoms with Crippen LogP contribution < -0.4 is 14.7 Å². The van der Waals surface area contributed by atoms with Crippen LogP contribution in [0.1, 0.15) is 38.2 Å². The molecule has 0 aliphatic carbocycles. The fraction of sp³-hybridized carbons (Fsp3) is 0.600. The number of nitrogens with one attached hydrogen (secondary N) is 1. The highest BCUT2D eigenvalue weighted by Gasteiger charge is 2.25. The minimum atomic E-state index is -0.646. The Kier molecular flexibility index (Phi) is 5.01. The van der Waals surface area contributed by atoms with Gasteiger partial charge in [-0.25, -0.2) is 0 Å². The zero-order chi connectivity index (χ0) is 15.4. The van der Waals surface area contributed by atoms with E-state index in [1.165, 1.54) is 37.3 Å². The van der Waals surface area contributed by atoms with Gasteiger partial charge in [0.05, 0.1) is 24.6 Å². The second kappa shape index (κ2) is 6.76. The van der Waals surface area contributed by atoms with Crippen LogP contribution in [0.2, 0.25) is 0 Å². The molecule has 0 radical (unpaired) electrons. The second-order valence-corrected chi connectivity index (χ2v) is 5.59. The van der Waals surface area contributed by atoms with Crippen molar-refractivity contribution in [3.63, 3.8) is 0 Å². The SMILES string of the molecule is CC[C@@H]1CCCC[NH+]1Cc1cc(OC)c([O-])c([N+](=O)[O-])c1. The zero-order valence-electron chi connectivity index (χ0n) is 12.6. The minimum Gasteiger partial charge on any atom is -0.865 e. The molecule has 1 N–H and O–H groups in total. The molecule has 1 unspecified atom stereocenters. The van der Waals surface area contributed by atoms with Crippen molar-refractivity contribution in [1.29, 1.82) is 0 Å². The molecule has 1 aliphatic rings. The third-order valence-corrected chi connectivity index (χ3v) is 4.31. The lowest BCUT2D eigenvalue weighted by Crippen LogP contribution is -3.15. The molecular formula is C15H22N2O4. The van der Waals surface area contributed by atoms with E-state index in [0.29, 0.717) is 12.6 Å². The molecule has 0 saturated carbocycles. The minimum absolute atomic E-state index is 0.0589. The highest BCUT2D eigenvalue weighted by Crippen LogP contribution is 2.34. The Balaban J connectivity index is 2.26. The smallest absolute Gasteiger partial charge is 0.265 e. The molecule has 116 valence electrons. The highest BCUT2D eigenvalue weighted by molar-refractivity contribution is 5.56. The first-order valence-corrected chi connectivity index (χ1v) is 7.43. The zero-order valence-corrected chi connectivity index (χ0v) is 12.6. The van der Waals surface area contributed by atoms with Gasteiger partial charge in [-0.3, -0.25) is 10.1 Å². The number of likely N-dealkylation sites (tertiary alicyclic amines) is 1. The number of benzene rings is 1. The highest BCUT2D eigenvalue weighted by atomic mass is 16.6. The first kappa shape index (κ1) is 15.6. The molecule has 6 heteroatoms. The van der Waals surface area contributed by atoms with Crippen LogP contribution in [0.4, 0.5) is 5.69 Å². The summed E-state index contributed by atoms with van der Waals surface area (Å²) >= 11 is 0. The summed E-state index contributed by atoms with van der Waals surface area (Å²) < 4.78 is 4.99. The molecule has 2 atom stereocenters. The van der Waals surface area contributed by atoms with Gasteiger partial charge >= 0.3 is 0 Å². The molecule has 0 amide bonds. The summed E-state index contributed by atoms with van der Waals surface area (Å²) in [6.45, 7) is 3.96. The summed E-state index contributed by atoms with van der Waals surface area (Å²) in [6, 6.07) is 3.64. The lowest BCUT2D eigenvalue weighted by atomic mass is 9.99. The van der Waals surface area contributed by atoms with Crippen LogP contribution in [0.15, 0.2) is 12.1 Å². The predicted octanol–water partition coefficient (Wildman–Crippen LogP) is 1.02. The van der Waals surface area contributed by atoms with Crippen molar-refractivity contribution in [2.45, 2.75) is 45.2 Å². The van der Waals surface area contributed by atoms with Crippen LogP contribution in [0, 0.1) is 10.1 Å². The van der Waals surface area contributed by atoms with Crippen LogP contribution in [-0.4, -0.2) is 24.6 Å². The van der Waals surface area contributed by atoms with Crippen molar-refractivity contribution >= 4 is 5.69 Å². The number of nitrogens with zero attached hydrogens (tertiary/aromatic N) is 1. The third kappa shape index (κ3) is 3.44. The predicted molar refractivity (Wildman–Crippen MR) is 76.6 cm³/mol. The molecule has 1 heterocycles. The molecule has 0 bridgehead atoms. The molecule has 21 heavy (non-hydrogen) atoms. The van der Waals surface area contributed by atoms with Gasteiger partial charge in [0.2, 0.25) is 0 Å². The van der Waals surface area contributed by atoms with Crippen LogP contribution in [-0.2, 0) is 6.54 Å². The average molecular weight is 294 g/mol. The average Bonchev–Trinajstić information content (AvgIpc) is 2.49. The summed E-state index contributed by atoms with van der Waals surface area (Å²) in [7, 11) is 1.37. The monoisotopic (exact) mass is 294 g/mol. The summed E-state index contributed by atoms with van der Waals surface area (Å²) in [5.41, 5.74) is 0.405. The molecule has 6 nitrogen and oxygen atoms in total. The van der Waals surface area contributed by atoms with Crippen LogP contribution >= 0.6 is 0 Å². The van der Waals surface area contributed by atoms with Gasteiger partial charge in [0.1, 0.15) is 12.3 Å².